The number of aliphatic hydroxyl groups excluding tert-OH is 1. The van der Waals surface area contributed by atoms with Gasteiger partial charge in [0.2, 0.25) is 0 Å². The predicted molar refractivity (Wildman–Crippen MR) is 111 cm³/mol. The number of aliphatic hydroxyl groups is 1. The molecule has 2 aliphatic heterocycles. The molecule has 3 heterocycles. The first-order valence-corrected chi connectivity index (χ1v) is 10.8. The van der Waals surface area contributed by atoms with E-state index in [9.17, 15) is 18.3 Å². The largest absolute Gasteiger partial charge is 0.496 e. The molecule has 4 rings (SSSR count). The van der Waals surface area contributed by atoms with Gasteiger partial charge >= 0.3 is 6.18 Å². The molecule has 2 aromatic rings. The maximum atomic E-state index is 13.7. The number of nitrogens with one attached hydrogen (secondary N) is 1. The Morgan fingerprint density at radius 3 is 2.77 bits per heavy atom. The van der Waals surface area contributed by atoms with Crippen molar-refractivity contribution >= 4 is 5.82 Å². The van der Waals surface area contributed by atoms with Gasteiger partial charge in [0.1, 0.15) is 11.6 Å². The van der Waals surface area contributed by atoms with Gasteiger partial charge < -0.3 is 15.2 Å². The number of methoxy groups -OCH3 is 1. The number of fused-ring (bicyclic) bond motifs is 1. The number of halogens is 3. The van der Waals surface area contributed by atoms with Crippen molar-refractivity contribution in [2.45, 2.75) is 70.1 Å². The maximum absolute atomic E-state index is 13.7. The van der Waals surface area contributed by atoms with Gasteiger partial charge in [0.15, 0.2) is 6.04 Å². The number of benzene rings is 1. The van der Waals surface area contributed by atoms with E-state index in [2.05, 4.69) is 15.3 Å². The number of alkyl halides is 3. The van der Waals surface area contributed by atoms with Crippen LogP contribution in [0.1, 0.15) is 61.5 Å². The van der Waals surface area contributed by atoms with Crippen LogP contribution in [0.4, 0.5) is 19.0 Å². The Balaban J connectivity index is 1.58. The molecule has 31 heavy (non-hydrogen) atoms. The van der Waals surface area contributed by atoms with E-state index < -0.39 is 12.2 Å². The number of hydrogen-bond acceptors (Lipinski definition) is 5. The fourth-order valence-corrected chi connectivity index (χ4v) is 4.74. The molecule has 0 spiro atoms. The second-order valence-electron chi connectivity index (χ2n) is 8.37. The number of hydrogen-bond donors (Lipinski definition) is 2. The fourth-order valence-electron chi connectivity index (χ4n) is 4.74. The normalized spacial score (nSPS) is 24.1. The molecule has 6 nitrogen and oxygen atoms in total. The molecule has 170 valence electrons. The zero-order valence-electron chi connectivity index (χ0n) is 17.8. The molecule has 9 heteroatoms. The molecule has 2 aliphatic rings. The summed E-state index contributed by atoms with van der Waals surface area (Å²) in [6, 6.07) is 5.66. The van der Waals surface area contributed by atoms with Crippen LogP contribution in [0.5, 0.6) is 5.75 Å². The SMILES string of the molecule is CC[C@@H]1C[C@H](C(F)(F)F)n2nc(C3CCCN3Cc3ccc(OC)c(CO)c3)cc2N1. The van der Waals surface area contributed by atoms with Gasteiger partial charge in [-0.25, -0.2) is 4.68 Å². The Kier molecular flexibility index (Phi) is 6.16. The Hall–Kier alpha value is -2.26. The van der Waals surface area contributed by atoms with Gasteiger partial charge in [-0.2, -0.15) is 18.3 Å². The van der Waals surface area contributed by atoms with E-state index >= 15 is 0 Å². The molecule has 0 amide bonds. The van der Waals surface area contributed by atoms with Gasteiger partial charge in [-0.1, -0.05) is 13.0 Å². The molecule has 0 radical (unpaired) electrons. The number of likely N-dealkylation sites (tertiary alicyclic amines) is 1. The van der Waals surface area contributed by atoms with Crippen molar-refractivity contribution in [1.29, 1.82) is 0 Å². The molecule has 1 fully saturated rings. The summed E-state index contributed by atoms with van der Waals surface area (Å²) in [6.07, 6.45) is -1.88. The van der Waals surface area contributed by atoms with Gasteiger partial charge in [0, 0.05) is 24.2 Å². The molecular formula is C22H29F3N4O2. The predicted octanol–water partition coefficient (Wildman–Crippen LogP) is 4.42. The Morgan fingerprint density at radius 2 is 2.10 bits per heavy atom. The van der Waals surface area contributed by atoms with E-state index in [1.807, 2.05) is 25.1 Å². The second kappa shape index (κ2) is 8.70. The van der Waals surface area contributed by atoms with Gasteiger partial charge in [0.05, 0.1) is 25.5 Å². The van der Waals surface area contributed by atoms with Gasteiger partial charge in [-0.3, -0.25) is 4.90 Å². The summed E-state index contributed by atoms with van der Waals surface area (Å²) >= 11 is 0. The smallest absolute Gasteiger partial charge is 0.410 e. The standard InChI is InChI=1S/C22H29F3N4O2/c1-3-16-10-20(22(23,24)25)29-21(26-16)11-17(27-29)18-5-4-8-28(18)12-14-6-7-19(31-2)15(9-14)13-30/h6-7,9,11,16,18,20,26,30H,3-5,8,10,12-13H2,1-2H3/t16-,18?,20-/m1/s1. The lowest BCUT2D eigenvalue weighted by atomic mass is 10.0. The first kappa shape index (κ1) is 22.0. The number of aromatic nitrogens is 2. The van der Waals surface area contributed by atoms with Crippen molar-refractivity contribution in [3.63, 3.8) is 0 Å². The lowest BCUT2D eigenvalue weighted by molar-refractivity contribution is -0.173. The summed E-state index contributed by atoms with van der Waals surface area (Å²) in [5.74, 6) is 1.09. The highest BCUT2D eigenvalue weighted by molar-refractivity contribution is 5.42. The van der Waals surface area contributed by atoms with Crippen molar-refractivity contribution in [1.82, 2.24) is 14.7 Å². The highest BCUT2D eigenvalue weighted by Crippen LogP contribution is 2.42. The first-order valence-electron chi connectivity index (χ1n) is 10.8. The Morgan fingerprint density at radius 1 is 1.29 bits per heavy atom. The van der Waals surface area contributed by atoms with Crippen LogP contribution in [0.3, 0.4) is 0 Å². The van der Waals surface area contributed by atoms with Crippen LogP contribution in [0.2, 0.25) is 0 Å². The summed E-state index contributed by atoms with van der Waals surface area (Å²) in [4.78, 5) is 2.25. The van der Waals surface area contributed by atoms with E-state index in [-0.39, 0.29) is 25.1 Å². The van der Waals surface area contributed by atoms with Crippen LogP contribution in [-0.4, -0.2) is 45.7 Å². The van der Waals surface area contributed by atoms with Crippen LogP contribution in [0.25, 0.3) is 0 Å². The molecule has 0 saturated carbocycles. The van der Waals surface area contributed by atoms with Crippen molar-refractivity contribution < 1.29 is 23.0 Å². The summed E-state index contributed by atoms with van der Waals surface area (Å²) in [5, 5.41) is 17.2. The third-order valence-corrected chi connectivity index (χ3v) is 6.39. The average molecular weight is 438 g/mol. The quantitative estimate of drug-likeness (QED) is 0.699. The van der Waals surface area contributed by atoms with E-state index in [0.717, 1.165) is 35.2 Å². The Bertz CT molecular complexity index is 915. The zero-order chi connectivity index (χ0) is 22.2. The number of rotatable bonds is 6. The monoisotopic (exact) mass is 438 g/mol. The fraction of sp³-hybridized carbons (Fsp3) is 0.591. The molecule has 3 atom stereocenters. The molecule has 0 aliphatic carbocycles. The third-order valence-electron chi connectivity index (χ3n) is 6.39. The van der Waals surface area contributed by atoms with Gasteiger partial charge in [-0.05, 0) is 49.9 Å². The molecular weight excluding hydrogens is 409 g/mol. The number of nitrogens with zero attached hydrogens (tertiary/aromatic N) is 3. The lowest BCUT2D eigenvalue weighted by Crippen LogP contribution is -2.38. The maximum Gasteiger partial charge on any atom is 0.410 e. The van der Waals surface area contributed by atoms with Crippen molar-refractivity contribution in [2.75, 3.05) is 19.0 Å². The van der Waals surface area contributed by atoms with Crippen molar-refractivity contribution in [2.24, 2.45) is 0 Å². The molecule has 1 aromatic heterocycles. The van der Waals surface area contributed by atoms with Crippen LogP contribution >= 0.6 is 0 Å². The summed E-state index contributed by atoms with van der Waals surface area (Å²) in [6.45, 7) is 3.27. The average Bonchev–Trinajstić information content (AvgIpc) is 3.38. The highest BCUT2D eigenvalue weighted by atomic mass is 19.4. The van der Waals surface area contributed by atoms with Gasteiger partial charge in [0.25, 0.3) is 0 Å². The highest BCUT2D eigenvalue weighted by Gasteiger charge is 2.46. The topological polar surface area (TPSA) is 62.6 Å². The molecule has 0 bridgehead atoms. The summed E-state index contributed by atoms with van der Waals surface area (Å²) in [7, 11) is 1.57. The molecule has 1 aromatic carbocycles. The zero-order valence-corrected chi connectivity index (χ0v) is 17.8. The molecule has 1 unspecified atom stereocenters. The third kappa shape index (κ3) is 4.39. The second-order valence-corrected chi connectivity index (χ2v) is 8.37. The van der Waals surface area contributed by atoms with Crippen molar-refractivity contribution in [3.8, 4) is 5.75 Å². The minimum absolute atomic E-state index is 0.00170. The van der Waals surface area contributed by atoms with E-state index in [4.69, 9.17) is 4.74 Å². The van der Waals surface area contributed by atoms with E-state index in [1.54, 1.807) is 13.2 Å². The summed E-state index contributed by atoms with van der Waals surface area (Å²) < 4.78 is 47.5. The lowest BCUT2D eigenvalue weighted by Gasteiger charge is -2.32. The van der Waals surface area contributed by atoms with Crippen molar-refractivity contribution in [3.05, 3.63) is 41.1 Å². The van der Waals surface area contributed by atoms with Crippen LogP contribution in [-0.2, 0) is 13.2 Å². The minimum Gasteiger partial charge on any atom is -0.496 e. The Labute approximate surface area is 180 Å². The number of ether oxygens (including phenoxy) is 1. The molecule has 2 N–H and O–H groups in total. The van der Waals surface area contributed by atoms with Crippen LogP contribution < -0.4 is 10.1 Å². The molecule has 1 saturated heterocycles. The van der Waals surface area contributed by atoms with E-state index in [1.165, 1.54) is 0 Å². The van der Waals surface area contributed by atoms with E-state index in [0.29, 0.717) is 30.2 Å². The number of anilines is 1. The van der Waals surface area contributed by atoms with Gasteiger partial charge in [-0.15, -0.1) is 0 Å². The van der Waals surface area contributed by atoms with Crippen LogP contribution in [0, 0.1) is 0 Å². The first-order chi connectivity index (χ1) is 14.8. The summed E-state index contributed by atoms with van der Waals surface area (Å²) in [5.41, 5.74) is 2.43. The van der Waals surface area contributed by atoms with Crippen LogP contribution in [0.15, 0.2) is 24.3 Å². The minimum atomic E-state index is -4.33.